The van der Waals surface area contributed by atoms with E-state index in [1.807, 2.05) is 32.9 Å². The number of benzene rings is 3. The number of amides is 3. The number of carbonyl (C=O) groups excluding carboxylic acids is 4. The van der Waals surface area contributed by atoms with Gasteiger partial charge in [-0.15, -0.1) is 0 Å². The maximum Gasteiger partial charge on any atom is 0.338 e. The summed E-state index contributed by atoms with van der Waals surface area (Å²) in [7, 11) is 0. The van der Waals surface area contributed by atoms with E-state index in [0.717, 1.165) is 22.4 Å². The third-order valence-electron chi connectivity index (χ3n) is 5.87. The second kappa shape index (κ2) is 11.3. The molecule has 0 radical (unpaired) electrons. The Bertz CT molecular complexity index is 1450. The molecule has 1 aliphatic heterocycles. The highest BCUT2D eigenvalue weighted by atomic mass is 35.5. The molecule has 4 rings (SSSR count). The lowest BCUT2D eigenvalue weighted by molar-refractivity contribution is -0.120. The molecule has 9 heteroatoms. The van der Waals surface area contributed by atoms with Gasteiger partial charge in [0.15, 0.2) is 0 Å². The normalized spacial score (nSPS) is 13.1. The highest BCUT2D eigenvalue weighted by Gasteiger charge is 2.39. The molecule has 0 spiro atoms. The number of hydrogen-bond donors (Lipinski definition) is 2. The van der Waals surface area contributed by atoms with Gasteiger partial charge in [0.05, 0.1) is 17.9 Å². The van der Waals surface area contributed by atoms with Gasteiger partial charge in [0.2, 0.25) is 0 Å². The first-order valence-electron chi connectivity index (χ1n) is 12.0. The lowest BCUT2D eigenvalue weighted by Crippen LogP contribution is -2.32. The van der Waals surface area contributed by atoms with Crippen LogP contribution < -0.4 is 15.5 Å². The molecule has 3 aromatic rings. The summed E-state index contributed by atoms with van der Waals surface area (Å²) in [5.41, 5.74) is 3.88. The summed E-state index contributed by atoms with van der Waals surface area (Å²) in [6.07, 6.45) is 0.735. The molecule has 0 fully saturated rings. The van der Waals surface area contributed by atoms with Crippen LogP contribution in [0.2, 0.25) is 0 Å². The van der Waals surface area contributed by atoms with Gasteiger partial charge in [-0.2, -0.15) is 0 Å². The average Bonchev–Trinajstić information content (AvgIpc) is 3.12. The maximum absolute atomic E-state index is 13.1. The molecule has 0 atom stereocenters. The Labute approximate surface area is 225 Å². The summed E-state index contributed by atoms with van der Waals surface area (Å²) < 4.78 is 5.10. The zero-order valence-corrected chi connectivity index (χ0v) is 21.9. The van der Waals surface area contributed by atoms with Crippen LogP contribution in [0.4, 0.5) is 17.1 Å². The van der Waals surface area contributed by atoms with E-state index in [0.29, 0.717) is 34.8 Å². The van der Waals surface area contributed by atoms with Gasteiger partial charge in [-0.05, 0) is 86.0 Å². The second-order valence-corrected chi connectivity index (χ2v) is 9.17. The van der Waals surface area contributed by atoms with E-state index in [2.05, 4.69) is 10.6 Å². The number of imide groups is 1. The molecule has 3 amide bonds. The molecule has 38 heavy (non-hydrogen) atoms. The number of nitrogens with one attached hydrogen (secondary N) is 2. The second-order valence-electron chi connectivity index (χ2n) is 8.79. The van der Waals surface area contributed by atoms with Crippen LogP contribution >= 0.6 is 11.6 Å². The van der Waals surface area contributed by atoms with E-state index >= 15 is 0 Å². The molecule has 8 nitrogen and oxygen atoms in total. The summed E-state index contributed by atoms with van der Waals surface area (Å²) in [6, 6.07) is 18.3. The van der Waals surface area contributed by atoms with E-state index in [9.17, 15) is 19.2 Å². The molecule has 1 aliphatic rings. The molecule has 0 saturated heterocycles. The van der Waals surface area contributed by atoms with E-state index in [1.165, 1.54) is 0 Å². The number of hydrogen-bond acceptors (Lipinski definition) is 6. The number of nitrogens with zero attached hydrogens (tertiary/aromatic N) is 1. The molecule has 0 unspecified atom stereocenters. The fourth-order valence-corrected chi connectivity index (χ4v) is 4.02. The quantitative estimate of drug-likeness (QED) is 0.291. The van der Waals surface area contributed by atoms with Crippen LogP contribution in [0.15, 0.2) is 77.5 Å². The van der Waals surface area contributed by atoms with Crippen molar-refractivity contribution in [2.24, 2.45) is 0 Å². The van der Waals surface area contributed by atoms with Crippen LogP contribution in [-0.2, 0) is 14.3 Å². The van der Waals surface area contributed by atoms with Crippen molar-refractivity contribution in [2.75, 3.05) is 22.1 Å². The SMILES string of the molecule is CCCOC(=O)c1ccc(NC(=O)c2ccc(NC3=C(Cl)C(=O)N(c4cc(C)ccc4C)C3=O)cc2)cc1. The maximum atomic E-state index is 13.1. The Hall–Kier alpha value is -4.43. The first-order chi connectivity index (χ1) is 18.2. The third kappa shape index (κ3) is 5.60. The molecule has 0 bridgehead atoms. The number of carbonyl (C=O) groups is 4. The van der Waals surface area contributed by atoms with Crippen molar-refractivity contribution in [3.8, 4) is 0 Å². The molecule has 0 aromatic heterocycles. The minimum Gasteiger partial charge on any atom is -0.462 e. The zero-order chi connectivity index (χ0) is 27.4. The number of anilines is 3. The van der Waals surface area contributed by atoms with Crippen LogP contribution in [-0.4, -0.2) is 30.3 Å². The summed E-state index contributed by atoms with van der Waals surface area (Å²) in [5, 5.41) is 5.47. The van der Waals surface area contributed by atoms with Crippen molar-refractivity contribution >= 4 is 52.4 Å². The predicted octanol–water partition coefficient (Wildman–Crippen LogP) is 5.56. The van der Waals surface area contributed by atoms with Gasteiger partial charge in [0, 0.05) is 16.9 Å². The van der Waals surface area contributed by atoms with Crippen LogP contribution in [0.1, 0.15) is 45.2 Å². The Morgan fingerprint density at radius 2 is 1.50 bits per heavy atom. The fraction of sp³-hybridized carbons (Fsp3) is 0.172. The van der Waals surface area contributed by atoms with Crippen molar-refractivity contribution in [1.82, 2.24) is 0 Å². The van der Waals surface area contributed by atoms with Crippen LogP contribution in [0.5, 0.6) is 0 Å². The molecule has 0 saturated carbocycles. The molecule has 194 valence electrons. The largest absolute Gasteiger partial charge is 0.462 e. The van der Waals surface area contributed by atoms with Gasteiger partial charge in [0.25, 0.3) is 17.7 Å². The molecule has 0 aliphatic carbocycles. The van der Waals surface area contributed by atoms with E-state index in [4.69, 9.17) is 16.3 Å². The Kier molecular flexibility index (Phi) is 7.93. The molecule has 3 aromatic carbocycles. The third-order valence-corrected chi connectivity index (χ3v) is 6.22. The number of ether oxygens (including phenoxy) is 1. The number of halogens is 1. The first-order valence-corrected chi connectivity index (χ1v) is 12.4. The standard InChI is InChI=1S/C29H26ClN3O5/c1-4-15-38-29(37)20-9-13-22(14-10-20)32-26(34)19-7-11-21(12-8-19)31-25-24(30)27(35)33(28(25)36)23-16-17(2)5-6-18(23)3/h5-14,16,31H,4,15H2,1-3H3,(H,32,34). The van der Waals surface area contributed by atoms with Crippen molar-refractivity contribution in [2.45, 2.75) is 27.2 Å². The Balaban J connectivity index is 1.42. The van der Waals surface area contributed by atoms with Crippen molar-refractivity contribution in [3.63, 3.8) is 0 Å². The van der Waals surface area contributed by atoms with Crippen molar-refractivity contribution in [1.29, 1.82) is 0 Å². The number of rotatable bonds is 8. The Morgan fingerprint density at radius 3 is 2.16 bits per heavy atom. The van der Waals surface area contributed by atoms with E-state index < -0.39 is 17.8 Å². The van der Waals surface area contributed by atoms with Crippen LogP contribution in [0.3, 0.4) is 0 Å². The fourth-order valence-electron chi connectivity index (χ4n) is 3.81. The molecule has 2 N–H and O–H groups in total. The lowest BCUT2D eigenvalue weighted by atomic mass is 10.1. The van der Waals surface area contributed by atoms with Gasteiger partial charge >= 0.3 is 5.97 Å². The minimum atomic E-state index is -0.603. The van der Waals surface area contributed by atoms with Crippen LogP contribution in [0.25, 0.3) is 0 Å². The van der Waals surface area contributed by atoms with E-state index in [1.54, 1.807) is 54.6 Å². The van der Waals surface area contributed by atoms with Crippen molar-refractivity contribution in [3.05, 3.63) is 99.7 Å². The lowest BCUT2D eigenvalue weighted by Gasteiger charge is -2.18. The number of aryl methyl sites for hydroxylation is 2. The molecular weight excluding hydrogens is 506 g/mol. The smallest absolute Gasteiger partial charge is 0.338 e. The minimum absolute atomic E-state index is 0.0349. The summed E-state index contributed by atoms with van der Waals surface area (Å²) >= 11 is 6.25. The topological polar surface area (TPSA) is 105 Å². The van der Waals surface area contributed by atoms with Gasteiger partial charge in [0.1, 0.15) is 10.7 Å². The molecule has 1 heterocycles. The predicted molar refractivity (Wildman–Crippen MR) is 146 cm³/mol. The summed E-state index contributed by atoms with van der Waals surface area (Å²) in [5.74, 6) is -1.93. The zero-order valence-electron chi connectivity index (χ0n) is 21.1. The van der Waals surface area contributed by atoms with Crippen molar-refractivity contribution < 1.29 is 23.9 Å². The number of esters is 1. The van der Waals surface area contributed by atoms with E-state index in [-0.39, 0.29) is 16.6 Å². The molecular formula is C29H26ClN3O5. The average molecular weight is 532 g/mol. The Morgan fingerprint density at radius 1 is 0.868 bits per heavy atom. The monoisotopic (exact) mass is 531 g/mol. The summed E-state index contributed by atoms with van der Waals surface area (Å²) in [4.78, 5) is 51.6. The van der Waals surface area contributed by atoms with Crippen LogP contribution in [0, 0.1) is 13.8 Å². The highest BCUT2D eigenvalue weighted by Crippen LogP contribution is 2.32. The summed E-state index contributed by atoms with van der Waals surface area (Å²) in [6.45, 7) is 5.95. The van der Waals surface area contributed by atoms with Gasteiger partial charge in [-0.3, -0.25) is 14.4 Å². The first kappa shape index (κ1) is 26.6. The van der Waals surface area contributed by atoms with Gasteiger partial charge < -0.3 is 15.4 Å². The van der Waals surface area contributed by atoms with Gasteiger partial charge in [-0.25, -0.2) is 9.69 Å². The van der Waals surface area contributed by atoms with Gasteiger partial charge in [-0.1, -0.05) is 30.7 Å². The highest BCUT2D eigenvalue weighted by molar-refractivity contribution is 6.53.